The summed E-state index contributed by atoms with van der Waals surface area (Å²) in [5.41, 5.74) is 0.887. The number of amides is 1. The molecule has 0 bridgehead atoms. The molecule has 1 N–H and O–H groups in total. The van der Waals surface area contributed by atoms with Crippen LogP contribution in [-0.2, 0) is 21.2 Å². The SMILES string of the molecule is O=C(Cc1ccc(Cl)cc1)NCCOc1ccc(S(=O)(=O)N2CCCCC2)cc1. The lowest BCUT2D eigenvalue weighted by molar-refractivity contribution is -0.120. The predicted octanol–water partition coefficient (Wildman–Crippen LogP) is 3.25. The highest BCUT2D eigenvalue weighted by Gasteiger charge is 2.25. The molecule has 1 amide bonds. The number of sulfonamides is 1. The Hall–Kier alpha value is -2.09. The second-order valence-electron chi connectivity index (χ2n) is 6.94. The van der Waals surface area contributed by atoms with Crippen molar-refractivity contribution in [2.75, 3.05) is 26.2 Å². The van der Waals surface area contributed by atoms with Crippen molar-refractivity contribution in [2.45, 2.75) is 30.6 Å². The molecule has 8 heteroatoms. The van der Waals surface area contributed by atoms with Gasteiger partial charge in [0.05, 0.1) is 17.9 Å². The fourth-order valence-electron chi connectivity index (χ4n) is 3.17. The van der Waals surface area contributed by atoms with Crippen LogP contribution in [0.15, 0.2) is 53.4 Å². The van der Waals surface area contributed by atoms with Gasteiger partial charge in [-0.1, -0.05) is 30.2 Å². The van der Waals surface area contributed by atoms with Crippen LogP contribution >= 0.6 is 11.6 Å². The second-order valence-corrected chi connectivity index (χ2v) is 9.31. The molecule has 29 heavy (non-hydrogen) atoms. The Bertz CT molecular complexity index is 909. The zero-order valence-corrected chi connectivity index (χ0v) is 17.7. The summed E-state index contributed by atoms with van der Waals surface area (Å²) >= 11 is 5.83. The maximum absolute atomic E-state index is 12.6. The Morgan fingerprint density at radius 2 is 1.66 bits per heavy atom. The Labute approximate surface area is 176 Å². The zero-order chi connectivity index (χ0) is 20.7. The van der Waals surface area contributed by atoms with Crippen molar-refractivity contribution in [3.63, 3.8) is 0 Å². The average Bonchev–Trinajstić information content (AvgIpc) is 2.74. The lowest BCUT2D eigenvalue weighted by atomic mass is 10.1. The standard InChI is InChI=1S/C21H25ClN2O4S/c22-18-6-4-17(5-7-18)16-21(25)23-12-15-28-19-8-10-20(11-9-19)29(26,27)24-13-2-1-3-14-24/h4-11H,1-3,12-16H2,(H,23,25). The van der Waals surface area contributed by atoms with E-state index in [1.54, 1.807) is 40.7 Å². The monoisotopic (exact) mass is 436 g/mol. The van der Waals surface area contributed by atoms with Crippen LogP contribution in [0.1, 0.15) is 24.8 Å². The summed E-state index contributed by atoms with van der Waals surface area (Å²) < 4.78 is 32.4. The minimum Gasteiger partial charge on any atom is -0.492 e. The predicted molar refractivity (Wildman–Crippen MR) is 113 cm³/mol. The van der Waals surface area contributed by atoms with Gasteiger partial charge in [0.15, 0.2) is 0 Å². The molecule has 0 radical (unpaired) electrons. The first kappa shape index (κ1) is 21.6. The molecular weight excluding hydrogens is 412 g/mol. The molecule has 0 saturated carbocycles. The first-order valence-corrected chi connectivity index (χ1v) is 11.5. The summed E-state index contributed by atoms with van der Waals surface area (Å²) in [6.45, 7) is 1.82. The molecule has 1 heterocycles. The number of nitrogens with zero attached hydrogens (tertiary/aromatic N) is 1. The number of halogens is 1. The van der Waals surface area contributed by atoms with Crippen LogP contribution < -0.4 is 10.1 Å². The van der Waals surface area contributed by atoms with Gasteiger partial charge in [-0.2, -0.15) is 4.31 Å². The molecule has 0 spiro atoms. The fourth-order valence-corrected chi connectivity index (χ4v) is 4.81. The minimum absolute atomic E-state index is 0.0982. The lowest BCUT2D eigenvalue weighted by Gasteiger charge is -2.25. The van der Waals surface area contributed by atoms with Crippen molar-refractivity contribution >= 4 is 27.5 Å². The number of nitrogens with one attached hydrogen (secondary N) is 1. The van der Waals surface area contributed by atoms with Gasteiger partial charge in [-0.25, -0.2) is 8.42 Å². The van der Waals surface area contributed by atoms with Crippen LogP contribution in [0.3, 0.4) is 0 Å². The van der Waals surface area contributed by atoms with Crippen LogP contribution in [0.5, 0.6) is 5.75 Å². The second kappa shape index (κ2) is 10.1. The van der Waals surface area contributed by atoms with Crippen LogP contribution in [0.25, 0.3) is 0 Å². The van der Waals surface area contributed by atoms with Gasteiger partial charge in [-0.05, 0) is 54.8 Å². The average molecular weight is 437 g/mol. The molecule has 1 aliphatic heterocycles. The lowest BCUT2D eigenvalue weighted by Crippen LogP contribution is -2.35. The highest BCUT2D eigenvalue weighted by Crippen LogP contribution is 2.22. The molecule has 6 nitrogen and oxygen atoms in total. The van der Waals surface area contributed by atoms with E-state index in [1.165, 1.54) is 0 Å². The number of carbonyl (C=O) groups excluding carboxylic acids is 1. The van der Waals surface area contributed by atoms with Gasteiger partial charge < -0.3 is 10.1 Å². The summed E-state index contributed by atoms with van der Waals surface area (Å²) in [4.78, 5) is 12.2. The van der Waals surface area contributed by atoms with Gasteiger partial charge in [0.1, 0.15) is 12.4 Å². The van der Waals surface area contributed by atoms with Crippen molar-refractivity contribution in [3.05, 3.63) is 59.1 Å². The Morgan fingerprint density at radius 3 is 2.31 bits per heavy atom. The van der Waals surface area contributed by atoms with Crippen LogP contribution in [0, 0.1) is 0 Å². The van der Waals surface area contributed by atoms with Crippen molar-refractivity contribution in [3.8, 4) is 5.75 Å². The maximum atomic E-state index is 12.6. The summed E-state index contributed by atoms with van der Waals surface area (Å²) in [7, 11) is -3.44. The molecule has 0 aliphatic carbocycles. The number of hydrogen-bond donors (Lipinski definition) is 1. The zero-order valence-electron chi connectivity index (χ0n) is 16.1. The minimum atomic E-state index is -3.44. The third-order valence-corrected chi connectivity index (χ3v) is 6.91. The van der Waals surface area contributed by atoms with E-state index in [4.69, 9.17) is 16.3 Å². The largest absolute Gasteiger partial charge is 0.492 e. The van der Waals surface area contributed by atoms with E-state index in [-0.39, 0.29) is 17.2 Å². The van der Waals surface area contributed by atoms with E-state index in [1.807, 2.05) is 12.1 Å². The van der Waals surface area contributed by atoms with Gasteiger partial charge in [-0.15, -0.1) is 0 Å². The molecule has 2 aromatic carbocycles. The van der Waals surface area contributed by atoms with Crippen molar-refractivity contribution < 1.29 is 17.9 Å². The van der Waals surface area contributed by atoms with E-state index >= 15 is 0 Å². The molecule has 1 fully saturated rings. The maximum Gasteiger partial charge on any atom is 0.243 e. The Kier molecular flexibility index (Phi) is 7.52. The summed E-state index contributed by atoms with van der Waals surface area (Å²) in [6.07, 6.45) is 3.17. The van der Waals surface area contributed by atoms with Crippen molar-refractivity contribution in [2.24, 2.45) is 0 Å². The van der Waals surface area contributed by atoms with Crippen molar-refractivity contribution in [1.29, 1.82) is 0 Å². The first-order valence-electron chi connectivity index (χ1n) is 9.69. The van der Waals surface area contributed by atoms with E-state index in [9.17, 15) is 13.2 Å². The number of benzene rings is 2. The molecule has 0 atom stereocenters. The van der Waals surface area contributed by atoms with Crippen LogP contribution in [0.4, 0.5) is 0 Å². The third-order valence-electron chi connectivity index (χ3n) is 4.75. The number of ether oxygens (including phenoxy) is 1. The third kappa shape index (κ3) is 6.19. The van der Waals surface area contributed by atoms with Gasteiger partial charge >= 0.3 is 0 Å². The summed E-state index contributed by atoms with van der Waals surface area (Å²) in [6, 6.07) is 13.6. The van der Waals surface area contributed by atoms with Crippen molar-refractivity contribution in [1.82, 2.24) is 9.62 Å². The highest BCUT2D eigenvalue weighted by atomic mass is 35.5. The van der Waals surface area contributed by atoms with Gasteiger partial charge in [-0.3, -0.25) is 4.79 Å². The molecule has 3 rings (SSSR count). The number of carbonyl (C=O) groups is 1. The first-order chi connectivity index (χ1) is 13.9. The Morgan fingerprint density at radius 1 is 1.00 bits per heavy atom. The van der Waals surface area contributed by atoms with Crippen LogP contribution in [-0.4, -0.2) is 44.9 Å². The van der Waals surface area contributed by atoms with E-state index < -0.39 is 10.0 Å². The topological polar surface area (TPSA) is 75.7 Å². The fraction of sp³-hybridized carbons (Fsp3) is 0.381. The summed E-state index contributed by atoms with van der Waals surface area (Å²) in [5, 5.41) is 3.43. The van der Waals surface area contributed by atoms with Crippen LogP contribution in [0.2, 0.25) is 5.02 Å². The van der Waals surface area contributed by atoms with Gasteiger partial charge in [0, 0.05) is 18.1 Å². The van der Waals surface area contributed by atoms with E-state index in [2.05, 4.69) is 5.32 Å². The molecule has 2 aromatic rings. The number of piperidine rings is 1. The molecule has 1 aliphatic rings. The van der Waals surface area contributed by atoms with E-state index in [0.717, 1.165) is 24.8 Å². The number of rotatable bonds is 8. The van der Waals surface area contributed by atoms with Gasteiger partial charge in [0.2, 0.25) is 15.9 Å². The normalized spacial score (nSPS) is 15.1. The number of hydrogen-bond acceptors (Lipinski definition) is 4. The molecule has 0 aromatic heterocycles. The smallest absolute Gasteiger partial charge is 0.243 e. The molecule has 1 saturated heterocycles. The Balaban J connectivity index is 1.43. The van der Waals surface area contributed by atoms with Gasteiger partial charge in [0.25, 0.3) is 0 Å². The highest BCUT2D eigenvalue weighted by molar-refractivity contribution is 7.89. The molecule has 0 unspecified atom stereocenters. The molecule has 156 valence electrons. The van der Waals surface area contributed by atoms with E-state index in [0.29, 0.717) is 37.0 Å². The summed E-state index contributed by atoms with van der Waals surface area (Å²) in [5.74, 6) is 0.466. The molecular formula is C21H25ClN2O4S. The quantitative estimate of drug-likeness (QED) is 0.644.